The molecule has 0 bridgehead atoms. The van der Waals surface area contributed by atoms with E-state index in [1.54, 1.807) is 6.92 Å². The Morgan fingerprint density at radius 2 is 1.73 bits per heavy atom. The number of fused-ring (bicyclic) bond motifs is 2. The summed E-state index contributed by atoms with van der Waals surface area (Å²) in [5.41, 5.74) is -1.22. The maximum absolute atomic E-state index is 14.5. The fourth-order valence-corrected chi connectivity index (χ4v) is 7.55. The molecule has 8 heteroatoms. The second-order valence-electron chi connectivity index (χ2n) is 12.9. The first-order valence-electron chi connectivity index (χ1n) is 14.3. The van der Waals surface area contributed by atoms with Crippen LogP contribution in [0, 0.1) is 29.1 Å². The summed E-state index contributed by atoms with van der Waals surface area (Å²) >= 11 is 0. The topological polar surface area (TPSA) is 108 Å². The maximum atomic E-state index is 14.5. The molecule has 5 rings (SSSR count). The van der Waals surface area contributed by atoms with Crippen molar-refractivity contribution < 1.29 is 38.1 Å². The molecule has 3 fully saturated rings. The van der Waals surface area contributed by atoms with Crippen LogP contribution < -0.4 is 0 Å². The molecule has 2 saturated carbocycles. The third-order valence-electron chi connectivity index (χ3n) is 9.71. The SMILES string of the molecule is CC(=O)OC1C2C(OC(=O)Cc3ccccc3)C(C)C[C@]2(OC(C)=O)C(=O)C(C)=CC2C(CC[C@@]13CO3)C2(C)C. The minimum atomic E-state index is -1.68. The van der Waals surface area contributed by atoms with Gasteiger partial charge in [-0.15, -0.1) is 0 Å². The van der Waals surface area contributed by atoms with E-state index in [9.17, 15) is 19.2 Å². The lowest BCUT2D eigenvalue weighted by Gasteiger charge is -2.41. The van der Waals surface area contributed by atoms with E-state index in [1.165, 1.54) is 13.8 Å². The van der Waals surface area contributed by atoms with Crippen LogP contribution in [0.4, 0.5) is 0 Å². The summed E-state index contributed by atoms with van der Waals surface area (Å²) in [7, 11) is 0. The largest absolute Gasteiger partial charge is 0.461 e. The molecule has 1 aromatic rings. The first kappa shape index (κ1) is 28.5. The lowest BCUT2D eigenvalue weighted by atomic mass is 9.74. The highest BCUT2D eigenvalue weighted by Crippen LogP contribution is 2.64. The van der Waals surface area contributed by atoms with Crippen molar-refractivity contribution in [2.45, 2.75) is 90.6 Å². The van der Waals surface area contributed by atoms with Gasteiger partial charge in [0.2, 0.25) is 5.78 Å². The highest BCUT2D eigenvalue weighted by atomic mass is 16.6. The lowest BCUT2D eigenvalue weighted by Crippen LogP contribution is -2.58. The molecule has 0 N–H and O–H groups in total. The molecule has 6 unspecified atom stereocenters. The van der Waals surface area contributed by atoms with E-state index >= 15 is 0 Å². The van der Waals surface area contributed by atoms with E-state index < -0.39 is 47.2 Å². The van der Waals surface area contributed by atoms with Gasteiger partial charge in [0.05, 0.1) is 18.9 Å². The van der Waals surface area contributed by atoms with Crippen molar-refractivity contribution in [3.8, 4) is 0 Å². The molecule has 0 amide bonds. The van der Waals surface area contributed by atoms with Crippen molar-refractivity contribution in [2.24, 2.45) is 29.1 Å². The molecule has 8 nitrogen and oxygen atoms in total. The van der Waals surface area contributed by atoms with Crippen molar-refractivity contribution in [3.05, 3.63) is 47.5 Å². The number of hydrogen-bond acceptors (Lipinski definition) is 8. The van der Waals surface area contributed by atoms with Crippen LogP contribution in [0.25, 0.3) is 0 Å². The molecular formula is C32H40O8. The number of esters is 3. The molecule has 1 aliphatic heterocycles. The molecule has 1 spiro atoms. The van der Waals surface area contributed by atoms with Crippen LogP contribution in [-0.2, 0) is 44.5 Å². The van der Waals surface area contributed by atoms with Crippen molar-refractivity contribution in [3.63, 3.8) is 0 Å². The van der Waals surface area contributed by atoms with Crippen LogP contribution >= 0.6 is 0 Å². The summed E-state index contributed by atoms with van der Waals surface area (Å²) in [4.78, 5) is 52.9. The van der Waals surface area contributed by atoms with Gasteiger partial charge in [-0.2, -0.15) is 0 Å². The first-order valence-corrected chi connectivity index (χ1v) is 14.3. The predicted molar refractivity (Wildman–Crippen MR) is 145 cm³/mol. The third kappa shape index (κ3) is 5.00. The Kier molecular flexibility index (Phi) is 7.22. The van der Waals surface area contributed by atoms with Crippen molar-refractivity contribution in [1.29, 1.82) is 0 Å². The van der Waals surface area contributed by atoms with E-state index in [1.807, 2.05) is 43.3 Å². The van der Waals surface area contributed by atoms with Gasteiger partial charge in [-0.1, -0.05) is 57.2 Å². The van der Waals surface area contributed by atoms with Gasteiger partial charge in [-0.05, 0) is 54.1 Å². The zero-order valence-electron chi connectivity index (χ0n) is 24.2. The summed E-state index contributed by atoms with van der Waals surface area (Å²) in [5.74, 6) is -2.72. The fourth-order valence-electron chi connectivity index (χ4n) is 7.55. The van der Waals surface area contributed by atoms with Crippen LogP contribution in [0.1, 0.15) is 66.4 Å². The van der Waals surface area contributed by atoms with Gasteiger partial charge in [0.25, 0.3) is 0 Å². The Labute approximate surface area is 235 Å². The van der Waals surface area contributed by atoms with Gasteiger partial charge in [0.1, 0.15) is 17.8 Å². The van der Waals surface area contributed by atoms with Gasteiger partial charge in [0.15, 0.2) is 5.60 Å². The normalized spacial score (nSPS) is 37.8. The smallest absolute Gasteiger partial charge is 0.310 e. The van der Waals surface area contributed by atoms with Gasteiger partial charge >= 0.3 is 17.9 Å². The van der Waals surface area contributed by atoms with Gasteiger partial charge < -0.3 is 18.9 Å². The Morgan fingerprint density at radius 3 is 2.33 bits per heavy atom. The minimum Gasteiger partial charge on any atom is -0.461 e. The Hall–Kier alpha value is -3.00. The Morgan fingerprint density at radius 1 is 1.05 bits per heavy atom. The van der Waals surface area contributed by atoms with E-state index in [4.69, 9.17) is 18.9 Å². The fraction of sp³-hybridized carbons (Fsp3) is 0.625. The quantitative estimate of drug-likeness (QED) is 0.301. The van der Waals surface area contributed by atoms with E-state index in [2.05, 4.69) is 13.8 Å². The van der Waals surface area contributed by atoms with Crippen molar-refractivity contribution in [1.82, 2.24) is 0 Å². The van der Waals surface area contributed by atoms with Gasteiger partial charge in [-0.3, -0.25) is 19.2 Å². The van der Waals surface area contributed by atoms with E-state index in [-0.39, 0.29) is 35.9 Å². The Bertz CT molecular complexity index is 1230. The molecule has 3 aliphatic carbocycles. The second-order valence-corrected chi connectivity index (χ2v) is 12.9. The van der Waals surface area contributed by atoms with Crippen molar-refractivity contribution >= 4 is 23.7 Å². The van der Waals surface area contributed by atoms with Crippen molar-refractivity contribution in [2.75, 3.05) is 6.61 Å². The summed E-state index contributed by atoms with van der Waals surface area (Å²) < 4.78 is 24.2. The molecule has 40 heavy (non-hydrogen) atoms. The van der Waals surface area contributed by atoms with Crippen LogP contribution in [0.15, 0.2) is 42.0 Å². The predicted octanol–water partition coefficient (Wildman–Crippen LogP) is 4.38. The molecule has 216 valence electrons. The molecule has 1 aromatic carbocycles. The molecule has 0 radical (unpaired) electrons. The monoisotopic (exact) mass is 552 g/mol. The third-order valence-corrected chi connectivity index (χ3v) is 9.71. The average Bonchev–Trinajstić information content (AvgIpc) is 3.73. The van der Waals surface area contributed by atoms with Crippen LogP contribution in [0.2, 0.25) is 0 Å². The van der Waals surface area contributed by atoms with Crippen LogP contribution in [-0.4, -0.2) is 53.7 Å². The Balaban J connectivity index is 1.61. The minimum absolute atomic E-state index is 0.0141. The standard InChI is InChI=1S/C32H40O8/c1-18-14-24-23(30(24,5)6)12-13-31(17-37-31)29(38-20(3)33)26-27(39-25(35)15-22-10-8-7-9-11-22)19(2)16-32(26,28(18)36)40-21(4)34/h7-11,14,19,23-24,26-27,29H,12-13,15-17H2,1-6H3/t19?,23?,24?,26?,27?,29?,31-,32-/m1/s1. The number of rotatable bonds is 5. The summed E-state index contributed by atoms with van der Waals surface area (Å²) in [6.45, 7) is 11.0. The number of hydrogen-bond donors (Lipinski definition) is 0. The number of allylic oxidation sites excluding steroid dienone is 1. The molecule has 4 aliphatic rings. The first-order chi connectivity index (χ1) is 18.8. The number of carbonyl (C=O) groups excluding carboxylic acids is 4. The van der Waals surface area contributed by atoms with Crippen LogP contribution in [0.5, 0.6) is 0 Å². The zero-order valence-corrected chi connectivity index (χ0v) is 24.2. The molecule has 1 heterocycles. The van der Waals surface area contributed by atoms with E-state index in [0.29, 0.717) is 24.5 Å². The highest BCUT2D eigenvalue weighted by molar-refractivity contribution is 6.03. The average molecular weight is 553 g/mol. The number of epoxide rings is 1. The molecule has 8 atom stereocenters. The number of ketones is 1. The molecule has 0 aromatic heterocycles. The summed E-state index contributed by atoms with van der Waals surface area (Å²) in [5, 5.41) is 0. The highest BCUT2D eigenvalue weighted by Gasteiger charge is 2.71. The number of benzene rings is 1. The molecular weight excluding hydrogens is 512 g/mol. The van der Waals surface area contributed by atoms with E-state index in [0.717, 1.165) is 12.0 Å². The second kappa shape index (κ2) is 10.1. The molecule has 1 saturated heterocycles. The zero-order chi connectivity index (χ0) is 29.0. The number of ether oxygens (including phenoxy) is 4. The van der Waals surface area contributed by atoms with Crippen LogP contribution in [0.3, 0.4) is 0 Å². The summed E-state index contributed by atoms with van der Waals surface area (Å²) in [6.07, 6.45) is 1.85. The number of carbonyl (C=O) groups is 4. The lowest BCUT2D eigenvalue weighted by molar-refractivity contribution is -0.190. The van der Waals surface area contributed by atoms with Gasteiger partial charge in [-0.25, -0.2) is 0 Å². The number of Topliss-reactive ketones (excluding diaryl/α,β-unsaturated/α-hetero) is 1. The van der Waals surface area contributed by atoms with Gasteiger partial charge in [0, 0.05) is 20.3 Å². The maximum Gasteiger partial charge on any atom is 0.310 e. The summed E-state index contributed by atoms with van der Waals surface area (Å²) in [6, 6.07) is 9.25.